The van der Waals surface area contributed by atoms with Crippen LogP contribution in [0.2, 0.25) is 0 Å². The maximum absolute atomic E-state index is 13.0. The van der Waals surface area contributed by atoms with Gasteiger partial charge in [-0.3, -0.25) is 19.2 Å². The fraction of sp³-hybridized carbons (Fsp3) is 0.381. The first-order valence-electron chi connectivity index (χ1n) is 10.4. The van der Waals surface area contributed by atoms with Gasteiger partial charge in [0.25, 0.3) is 0 Å². The maximum Gasteiger partial charge on any atom is 0.327 e. The number of hydrogen-bond donors (Lipinski definition) is 8. The molecule has 1 aromatic heterocycles. The van der Waals surface area contributed by atoms with Gasteiger partial charge in [-0.25, -0.2) is 4.79 Å². The summed E-state index contributed by atoms with van der Waals surface area (Å²) >= 11 is 3.93. The number of nitrogens with two attached hydrogens (primary N) is 2. The van der Waals surface area contributed by atoms with E-state index in [9.17, 15) is 29.1 Å². The van der Waals surface area contributed by atoms with Crippen LogP contribution in [0.1, 0.15) is 18.9 Å². The average Bonchev–Trinajstić information content (AvgIpc) is 3.18. The smallest absolute Gasteiger partial charge is 0.327 e. The summed E-state index contributed by atoms with van der Waals surface area (Å²) in [5, 5.41) is 17.2. The largest absolute Gasteiger partial charge is 0.480 e. The number of carbonyl (C=O) groups excluding carboxylic acids is 4. The molecule has 0 aliphatic carbocycles. The third-order valence-corrected chi connectivity index (χ3v) is 5.35. The number of benzene rings is 1. The van der Waals surface area contributed by atoms with Crippen LogP contribution in [0.4, 0.5) is 0 Å². The van der Waals surface area contributed by atoms with Crippen molar-refractivity contribution in [3.63, 3.8) is 0 Å². The Bertz CT molecular complexity index is 1070. The number of nitrogens with one attached hydrogen (secondary N) is 4. The lowest BCUT2D eigenvalue weighted by Crippen LogP contribution is -2.58. The van der Waals surface area contributed by atoms with Crippen molar-refractivity contribution in [2.24, 2.45) is 11.5 Å². The third-order valence-electron chi connectivity index (χ3n) is 4.98. The van der Waals surface area contributed by atoms with E-state index >= 15 is 0 Å². The number of aromatic nitrogens is 1. The molecule has 0 saturated carbocycles. The summed E-state index contributed by atoms with van der Waals surface area (Å²) in [6.45, 7) is 1.39. The summed E-state index contributed by atoms with van der Waals surface area (Å²) in [5.74, 6) is -4.66. The minimum atomic E-state index is -1.38. The highest BCUT2D eigenvalue weighted by atomic mass is 32.1. The molecule has 9 N–H and O–H groups in total. The van der Waals surface area contributed by atoms with Crippen molar-refractivity contribution in [2.45, 2.75) is 43.9 Å². The van der Waals surface area contributed by atoms with Crippen LogP contribution in [-0.4, -0.2) is 69.6 Å². The second-order valence-electron chi connectivity index (χ2n) is 7.73. The standard InChI is InChI=1S/C21H28N6O6S/c1-10(22)18(29)25-15(7-17(23)28)20(31)26-14(19(30)27-16(9-34)21(32)33)6-11-8-24-13-5-3-2-4-12(11)13/h2-5,8,10,14-16,24,34H,6-7,9,22H2,1H3,(H2,23,28)(H,25,29)(H,26,31)(H,27,30)(H,32,33). The van der Waals surface area contributed by atoms with E-state index < -0.39 is 60.2 Å². The second-order valence-corrected chi connectivity index (χ2v) is 8.09. The fourth-order valence-electron chi connectivity index (χ4n) is 3.17. The molecule has 4 amide bonds. The predicted molar refractivity (Wildman–Crippen MR) is 127 cm³/mol. The summed E-state index contributed by atoms with van der Waals surface area (Å²) in [5.41, 5.74) is 12.2. The van der Waals surface area contributed by atoms with Crippen molar-refractivity contribution in [3.05, 3.63) is 36.0 Å². The number of aromatic amines is 1. The molecule has 1 heterocycles. The molecule has 2 aromatic rings. The Hall–Kier alpha value is -3.58. The number of amides is 4. The highest BCUT2D eigenvalue weighted by Crippen LogP contribution is 2.19. The molecule has 0 saturated heterocycles. The quantitative estimate of drug-likeness (QED) is 0.163. The van der Waals surface area contributed by atoms with Crippen LogP contribution in [0.3, 0.4) is 0 Å². The number of carboxylic acids is 1. The van der Waals surface area contributed by atoms with Gasteiger partial charge in [-0.05, 0) is 18.6 Å². The number of H-pyrrole nitrogens is 1. The minimum absolute atomic E-state index is 0.00890. The van der Waals surface area contributed by atoms with Gasteiger partial charge >= 0.3 is 5.97 Å². The van der Waals surface area contributed by atoms with Gasteiger partial charge in [0.05, 0.1) is 12.5 Å². The van der Waals surface area contributed by atoms with Crippen LogP contribution >= 0.6 is 12.6 Å². The lowest BCUT2D eigenvalue weighted by atomic mass is 10.0. The van der Waals surface area contributed by atoms with Crippen molar-refractivity contribution < 1.29 is 29.1 Å². The molecule has 0 radical (unpaired) electrons. The van der Waals surface area contributed by atoms with Crippen LogP contribution in [0, 0.1) is 0 Å². The maximum atomic E-state index is 13.0. The molecule has 184 valence electrons. The Balaban J connectivity index is 2.31. The Morgan fingerprint density at radius 2 is 1.59 bits per heavy atom. The summed E-state index contributed by atoms with van der Waals surface area (Å²) in [7, 11) is 0. The van der Waals surface area contributed by atoms with E-state index in [1.54, 1.807) is 12.3 Å². The van der Waals surface area contributed by atoms with Crippen molar-refractivity contribution in [3.8, 4) is 0 Å². The number of primary amides is 1. The first-order valence-corrected chi connectivity index (χ1v) is 11.0. The first kappa shape index (κ1) is 26.7. The average molecular weight is 493 g/mol. The van der Waals surface area contributed by atoms with Crippen molar-refractivity contribution >= 4 is 53.1 Å². The highest BCUT2D eigenvalue weighted by molar-refractivity contribution is 7.80. The van der Waals surface area contributed by atoms with E-state index in [1.165, 1.54) is 6.92 Å². The topological polar surface area (TPSA) is 209 Å². The van der Waals surface area contributed by atoms with Gasteiger partial charge in [-0.1, -0.05) is 18.2 Å². The first-order chi connectivity index (χ1) is 16.0. The van der Waals surface area contributed by atoms with Gasteiger partial charge in [0.1, 0.15) is 18.1 Å². The summed E-state index contributed by atoms with van der Waals surface area (Å²) in [4.78, 5) is 63.8. The lowest BCUT2D eigenvalue weighted by Gasteiger charge is -2.24. The molecule has 2 rings (SSSR count). The monoisotopic (exact) mass is 492 g/mol. The number of hydrogen-bond acceptors (Lipinski definition) is 7. The van der Waals surface area contributed by atoms with Gasteiger partial charge in [-0.2, -0.15) is 12.6 Å². The van der Waals surface area contributed by atoms with E-state index in [-0.39, 0.29) is 12.2 Å². The number of para-hydroxylation sites is 1. The fourth-order valence-corrected chi connectivity index (χ4v) is 3.42. The summed E-state index contributed by atoms with van der Waals surface area (Å²) in [6, 6.07) is 2.42. The van der Waals surface area contributed by atoms with Crippen LogP contribution in [0.25, 0.3) is 10.9 Å². The van der Waals surface area contributed by atoms with Gasteiger partial charge < -0.3 is 37.5 Å². The van der Waals surface area contributed by atoms with Gasteiger partial charge in [0.2, 0.25) is 23.6 Å². The normalized spacial score (nSPS) is 14.4. The molecule has 1 aromatic carbocycles. The Kier molecular flexibility index (Phi) is 9.45. The zero-order chi connectivity index (χ0) is 25.4. The summed E-state index contributed by atoms with van der Waals surface area (Å²) in [6.07, 6.45) is 1.13. The zero-order valence-corrected chi connectivity index (χ0v) is 19.3. The molecule has 12 nitrogen and oxygen atoms in total. The molecular formula is C21H28N6O6S. The van der Waals surface area contributed by atoms with Gasteiger partial charge in [-0.15, -0.1) is 0 Å². The van der Waals surface area contributed by atoms with Crippen LogP contribution in [-0.2, 0) is 30.4 Å². The van der Waals surface area contributed by atoms with E-state index in [1.807, 2.05) is 18.2 Å². The van der Waals surface area contributed by atoms with Crippen molar-refractivity contribution in [1.29, 1.82) is 0 Å². The Morgan fingerprint density at radius 3 is 2.18 bits per heavy atom. The second kappa shape index (κ2) is 12.0. The van der Waals surface area contributed by atoms with Gasteiger partial charge in [0, 0.05) is 29.3 Å². The molecule has 4 atom stereocenters. The molecule has 0 bridgehead atoms. The molecule has 0 spiro atoms. The van der Waals surface area contributed by atoms with E-state index in [0.29, 0.717) is 5.56 Å². The zero-order valence-electron chi connectivity index (χ0n) is 18.4. The minimum Gasteiger partial charge on any atom is -0.480 e. The van der Waals surface area contributed by atoms with Crippen molar-refractivity contribution in [2.75, 3.05) is 5.75 Å². The molecule has 4 unspecified atom stereocenters. The highest BCUT2D eigenvalue weighted by Gasteiger charge is 2.31. The molecule has 0 fully saturated rings. The van der Waals surface area contributed by atoms with E-state index in [2.05, 4.69) is 33.6 Å². The number of thiol groups is 1. The summed E-state index contributed by atoms with van der Waals surface area (Å²) < 4.78 is 0. The Morgan fingerprint density at radius 1 is 1.00 bits per heavy atom. The Labute approximate surface area is 200 Å². The predicted octanol–water partition coefficient (Wildman–Crippen LogP) is -1.60. The molecular weight excluding hydrogens is 464 g/mol. The van der Waals surface area contributed by atoms with Crippen LogP contribution in [0.15, 0.2) is 30.5 Å². The molecule has 0 aliphatic heterocycles. The van der Waals surface area contributed by atoms with Gasteiger partial charge in [0.15, 0.2) is 0 Å². The lowest BCUT2D eigenvalue weighted by molar-refractivity contribution is -0.141. The number of carbonyl (C=O) groups is 5. The number of aliphatic carboxylic acids is 1. The number of carboxylic acid groups (broad SMARTS) is 1. The van der Waals surface area contributed by atoms with Crippen LogP contribution in [0.5, 0.6) is 0 Å². The van der Waals surface area contributed by atoms with E-state index in [4.69, 9.17) is 11.5 Å². The molecule has 0 aliphatic rings. The number of rotatable bonds is 12. The molecule has 34 heavy (non-hydrogen) atoms. The SMILES string of the molecule is CC(N)C(=O)NC(CC(N)=O)C(=O)NC(Cc1c[nH]c2ccccc12)C(=O)NC(CS)C(=O)O. The third kappa shape index (κ3) is 7.22. The number of fused-ring (bicyclic) bond motifs is 1. The van der Waals surface area contributed by atoms with Crippen LogP contribution < -0.4 is 27.4 Å². The molecule has 13 heteroatoms. The van der Waals surface area contributed by atoms with E-state index in [0.717, 1.165) is 10.9 Å². The van der Waals surface area contributed by atoms with Crippen molar-refractivity contribution in [1.82, 2.24) is 20.9 Å².